The van der Waals surface area contributed by atoms with Crippen LogP contribution < -0.4 is 0 Å². The van der Waals surface area contributed by atoms with Crippen LogP contribution in [0.5, 0.6) is 0 Å². The number of benzene rings is 1. The number of carbonyl (C=O) groups is 2. The van der Waals surface area contributed by atoms with Crippen LogP contribution in [0.3, 0.4) is 0 Å². The highest BCUT2D eigenvalue weighted by Crippen LogP contribution is 2.63. The first-order valence-electron chi connectivity index (χ1n) is 6.25. The lowest BCUT2D eigenvalue weighted by atomic mass is 9.90. The lowest BCUT2D eigenvalue weighted by molar-refractivity contribution is -0.145. The maximum Gasteiger partial charge on any atom is 0.337 e. The maximum atomic E-state index is 12.3. The number of hydrogen-bond donors (Lipinski definition) is 0. The third-order valence-corrected chi connectivity index (χ3v) is 4.01. The van der Waals surface area contributed by atoms with Gasteiger partial charge in [-0.3, -0.25) is 4.79 Å². The minimum Gasteiger partial charge on any atom is -0.495 e. The van der Waals surface area contributed by atoms with Crippen molar-refractivity contribution in [2.45, 2.75) is 11.5 Å². The van der Waals surface area contributed by atoms with E-state index in [1.165, 1.54) is 20.5 Å². The van der Waals surface area contributed by atoms with Gasteiger partial charge < -0.3 is 14.2 Å². The van der Waals surface area contributed by atoms with E-state index in [2.05, 4.69) is 0 Å². The fraction of sp³-hybridized carbons (Fsp3) is 0.333. The first-order valence-corrected chi connectivity index (χ1v) is 6.25. The van der Waals surface area contributed by atoms with E-state index in [-0.39, 0.29) is 5.92 Å². The van der Waals surface area contributed by atoms with Gasteiger partial charge in [-0.25, -0.2) is 4.79 Å². The molecular weight excluding hydrogens is 260 g/mol. The molecule has 1 aliphatic heterocycles. The fourth-order valence-electron chi connectivity index (χ4n) is 3.05. The molecule has 0 N–H and O–H groups in total. The van der Waals surface area contributed by atoms with Crippen molar-refractivity contribution in [2.75, 3.05) is 14.2 Å². The zero-order valence-corrected chi connectivity index (χ0v) is 11.2. The highest BCUT2D eigenvalue weighted by Gasteiger charge is 2.77. The standard InChI is InChI=1S/C15H14O5/c1-18-13(16)10-8-20-12-11(10)15(12,14(17)19-2)9-6-4-3-5-7-9/h3-8,11-12H,1-2H3/t11-,12+,15+/m1/s1. The number of methoxy groups -OCH3 is 2. The van der Waals surface area contributed by atoms with Gasteiger partial charge in [-0.05, 0) is 5.56 Å². The Labute approximate surface area is 116 Å². The van der Waals surface area contributed by atoms with Crippen LogP contribution in [0.1, 0.15) is 5.56 Å². The van der Waals surface area contributed by atoms with Gasteiger partial charge in [0.1, 0.15) is 11.5 Å². The summed E-state index contributed by atoms with van der Waals surface area (Å²) >= 11 is 0. The summed E-state index contributed by atoms with van der Waals surface area (Å²) in [5, 5.41) is 0. The highest BCUT2D eigenvalue weighted by molar-refractivity contribution is 5.98. The second kappa shape index (κ2) is 4.37. The Kier molecular flexibility index (Phi) is 2.78. The van der Waals surface area contributed by atoms with E-state index in [9.17, 15) is 9.59 Å². The maximum absolute atomic E-state index is 12.3. The van der Waals surface area contributed by atoms with Crippen molar-refractivity contribution in [1.82, 2.24) is 0 Å². The van der Waals surface area contributed by atoms with E-state index in [0.717, 1.165) is 5.56 Å². The summed E-state index contributed by atoms with van der Waals surface area (Å²) in [6.07, 6.45) is 0.983. The quantitative estimate of drug-likeness (QED) is 0.775. The lowest BCUT2D eigenvalue weighted by Gasteiger charge is -2.18. The van der Waals surface area contributed by atoms with Crippen LogP contribution in [0.4, 0.5) is 0 Å². The molecule has 1 saturated carbocycles. The van der Waals surface area contributed by atoms with E-state index < -0.39 is 23.5 Å². The molecule has 5 nitrogen and oxygen atoms in total. The van der Waals surface area contributed by atoms with Crippen LogP contribution in [-0.4, -0.2) is 32.3 Å². The summed E-state index contributed by atoms with van der Waals surface area (Å²) in [6, 6.07) is 9.23. The molecule has 0 aromatic heterocycles. The Hall–Kier alpha value is -2.30. The van der Waals surface area contributed by atoms with Gasteiger partial charge in [0.15, 0.2) is 0 Å². The number of hydrogen-bond acceptors (Lipinski definition) is 5. The molecule has 0 saturated heterocycles. The molecule has 1 fully saturated rings. The first-order chi connectivity index (χ1) is 9.67. The van der Waals surface area contributed by atoms with Crippen molar-refractivity contribution in [3.63, 3.8) is 0 Å². The average Bonchev–Trinajstić information content (AvgIpc) is 2.96. The predicted molar refractivity (Wildman–Crippen MR) is 68.6 cm³/mol. The van der Waals surface area contributed by atoms with Gasteiger partial charge in [0, 0.05) is 0 Å². The molecule has 0 radical (unpaired) electrons. The highest BCUT2D eigenvalue weighted by atomic mass is 16.5. The van der Waals surface area contributed by atoms with Crippen LogP contribution in [0.2, 0.25) is 0 Å². The predicted octanol–water partition coefficient (Wildman–Crippen LogP) is 1.18. The summed E-state index contributed by atoms with van der Waals surface area (Å²) in [5.74, 6) is -1.21. The molecule has 0 unspecified atom stereocenters. The van der Waals surface area contributed by atoms with Crippen molar-refractivity contribution in [2.24, 2.45) is 5.92 Å². The van der Waals surface area contributed by atoms with Crippen LogP contribution in [0, 0.1) is 5.92 Å². The summed E-state index contributed by atoms with van der Waals surface area (Å²) in [6.45, 7) is 0. The van der Waals surface area contributed by atoms with Crippen LogP contribution in [0.25, 0.3) is 0 Å². The molecule has 1 heterocycles. The Morgan fingerprint density at radius 3 is 2.45 bits per heavy atom. The molecule has 104 valence electrons. The molecule has 3 atom stereocenters. The minimum absolute atomic E-state index is 0.343. The van der Waals surface area contributed by atoms with E-state index in [1.54, 1.807) is 0 Å². The summed E-state index contributed by atoms with van der Waals surface area (Å²) in [4.78, 5) is 24.0. The first kappa shape index (κ1) is 12.7. The third kappa shape index (κ3) is 1.43. The zero-order valence-electron chi connectivity index (χ0n) is 11.2. The Morgan fingerprint density at radius 1 is 1.15 bits per heavy atom. The van der Waals surface area contributed by atoms with Gasteiger partial charge in [-0.1, -0.05) is 30.3 Å². The van der Waals surface area contributed by atoms with Gasteiger partial charge in [0.05, 0.1) is 32.0 Å². The topological polar surface area (TPSA) is 61.8 Å². The normalized spacial score (nSPS) is 29.8. The summed E-state index contributed by atoms with van der Waals surface area (Å²) in [5.41, 5.74) is 0.233. The molecule has 1 aromatic rings. The van der Waals surface area contributed by atoms with Crippen LogP contribution in [-0.2, 0) is 29.2 Å². The van der Waals surface area contributed by atoms with Crippen LogP contribution in [0.15, 0.2) is 42.2 Å². The number of carbonyl (C=O) groups excluding carboxylic acids is 2. The third-order valence-electron chi connectivity index (χ3n) is 4.01. The van der Waals surface area contributed by atoms with Gasteiger partial charge in [0.2, 0.25) is 0 Å². The molecule has 0 bridgehead atoms. The number of ether oxygens (including phenoxy) is 3. The zero-order chi connectivity index (χ0) is 14.3. The van der Waals surface area contributed by atoms with Crippen molar-refractivity contribution >= 4 is 11.9 Å². The Morgan fingerprint density at radius 2 is 1.85 bits per heavy atom. The van der Waals surface area contributed by atoms with E-state index >= 15 is 0 Å². The molecule has 0 spiro atoms. The molecule has 5 heteroatoms. The molecule has 2 aliphatic rings. The fourth-order valence-corrected chi connectivity index (χ4v) is 3.05. The van der Waals surface area contributed by atoms with Gasteiger partial charge in [-0.15, -0.1) is 0 Å². The molecular formula is C15H14O5. The number of esters is 2. The number of rotatable bonds is 3. The monoisotopic (exact) mass is 274 g/mol. The Balaban J connectivity index is 2.03. The SMILES string of the molecule is COC(=O)C1=CO[C@H]2[C@@H]1[C@@]2(C(=O)OC)c1ccccc1. The van der Waals surface area contributed by atoms with Gasteiger partial charge in [-0.2, -0.15) is 0 Å². The smallest absolute Gasteiger partial charge is 0.337 e. The minimum atomic E-state index is -0.936. The second-order valence-electron chi connectivity index (χ2n) is 4.83. The molecule has 0 amide bonds. The second-order valence-corrected chi connectivity index (χ2v) is 4.83. The average molecular weight is 274 g/mol. The van der Waals surface area contributed by atoms with Crippen molar-refractivity contribution in [1.29, 1.82) is 0 Å². The van der Waals surface area contributed by atoms with E-state index in [1.807, 2.05) is 30.3 Å². The van der Waals surface area contributed by atoms with E-state index in [4.69, 9.17) is 14.2 Å². The van der Waals surface area contributed by atoms with Crippen molar-refractivity contribution in [3.05, 3.63) is 47.7 Å². The summed E-state index contributed by atoms with van der Waals surface area (Å²) < 4.78 is 15.2. The van der Waals surface area contributed by atoms with Gasteiger partial charge in [0.25, 0.3) is 0 Å². The largest absolute Gasteiger partial charge is 0.495 e. The molecule has 1 aromatic carbocycles. The van der Waals surface area contributed by atoms with Crippen molar-refractivity contribution in [3.8, 4) is 0 Å². The Bertz CT molecular complexity index is 592. The van der Waals surface area contributed by atoms with Gasteiger partial charge >= 0.3 is 11.9 Å². The summed E-state index contributed by atoms with van der Waals surface area (Å²) in [7, 11) is 2.64. The molecule has 1 aliphatic carbocycles. The molecule has 3 rings (SSSR count). The van der Waals surface area contributed by atoms with E-state index in [0.29, 0.717) is 5.57 Å². The lowest BCUT2D eigenvalue weighted by Crippen LogP contribution is -2.30. The molecule has 20 heavy (non-hydrogen) atoms. The number of fused-ring (bicyclic) bond motifs is 1. The van der Waals surface area contributed by atoms with Crippen molar-refractivity contribution < 1.29 is 23.8 Å². The van der Waals surface area contributed by atoms with Crippen LogP contribution >= 0.6 is 0 Å².